The summed E-state index contributed by atoms with van der Waals surface area (Å²) in [7, 11) is 0. The molecule has 0 aliphatic carbocycles. The Morgan fingerprint density at radius 1 is 1.56 bits per heavy atom. The maximum Gasteiger partial charge on any atom is 0.238 e. The lowest BCUT2D eigenvalue weighted by atomic mass is 10.1. The predicted molar refractivity (Wildman–Crippen MR) is 67.2 cm³/mol. The van der Waals surface area contributed by atoms with Crippen molar-refractivity contribution in [2.75, 3.05) is 25.0 Å². The van der Waals surface area contributed by atoms with Crippen LogP contribution in [0.2, 0.25) is 0 Å². The molecule has 1 aromatic rings. The molecule has 0 spiro atoms. The number of carbonyl (C=O) groups excluding carboxylic acids is 1. The lowest BCUT2D eigenvalue weighted by molar-refractivity contribution is -0.118. The van der Waals surface area contributed by atoms with E-state index in [4.69, 9.17) is 5.73 Å². The fraction of sp³-hybridized carbons (Fsp3) is 0.364. The second kappa shape index (κ2) is 4.95. The number of hydrogen-bond donors (Lipinski definition) is 2. The third kappa shape index (κ3) is 3.04. The Kier molecular flexibility index (Phi) is 3.58. The molecule has 3 N–H and O–H groups in total. The van der Waals surface area contributed by atoms with E-state index in [9.17, 15) is 4.79 Å². The molecular formula is C11H14BrN3O. The van der Waals surface area contributed by atoms with Gasteiger partial charge in [0, 0.05) is 29.3 Å². The van der Waals surface area contributed by atoms with Gasteiger partial charge in [0.25, 0.3) is 0 Å². The van der Waals surface area contributed by atoms with Gasteiger partial charge < -0.3 is 11.1 Å². The summed E-state index contributed by atoms with van der Waals surface area (Å²) in [6.45, 7) is 2.04. The monoisotopic (exact) mass is 283 g/mol. The van der Waals surface area contributed by atoms with Gasteiger partial charge in [-0.2, -0.15) is 0 Å². The Bertz CT molecular complexity index is 391. The van der Waals surface area contributed by atoms with Crippen molar-refractivity contribution in [2.45, 2.75) is 6.04 Å². The molecule has 5 heteroatoms. The average Bonchev–Trinajstić information content (AvgIpc) is 2.15. The van der Waals surface area contributed by atoms with Crippen LogP contribution in [0.25, 0.3) is 0 Å². The van der Waals surface area contributed by atoms with Crippen LogP contribution >= 0.6 is 15.9 Å². The number of hydrogen-bond acceptors (Lipinski definition) is 3. The summed E-state index contributed by atoms with van der Waals surface area (Å²) in [5.41, 5.74) is 6.45. The molecule has 0 unspecified atom stereocenters. The van der Waals surface area contributed by atoms with E-state index in [2.05, 4.69) is 21.2 Å². The molecule has 1 heterocycles. The molecule has 0 atom stereocenters. The van der Waals surface area contributed by atoms with Crippen LogP contribution in [0.4, 0.5) is 5.69 Å². The number of amides is 1. The second-order valence-corrected chi connectivity index (χ2v) is 4.93. The number of carbonyl (C=O) groups is 1. The molecule has 1 aliphatic rings. The van der Waals surface area contributed by atoms with Crippen molar-refractivity contribution in [3.63, 3.8) is 0 Å². The van der Waals surface area contributed by atoms with Gasteiger partial charge >= 0.3 is 0 Å². The number of rotatable bonds is 3. The predicted octanol–water partition coefficient (Wildman–Crippen LogP) is 1.03. The van der Waals surface area contributed by atoms with Gasteiger partial charge in [0.1, 0.15) is 0 Å². The van der Waals surface area contributed by atoms with Gasteiger partial charge in [0.15, 0.2) is 0 Å². The van der Waals surface area contributed by atoms with Crippen molar-refractivity contribution < 1.29 is 4.79 Å². The first-order valence-electron chi connectivity index (χ1n) is 5.17. The van der Waals surface area contributed by atoms with Gasteiger partial charge in [0.05, 0.1) is 6.54 Å². The summed E-state index contributed by atoms with van der Waals surface area (Å²) in [5.74, 6) is 0.00463. The topological polar surface area (TPSA) is 58.4 Å². The van der Waals surface area contributed by atoms with Crippen LogP contribution in [-0.2, 0) is 4.79 Å². The number of benzene rings is 1. The first-order valence-corrected chi connectivity index (χ1v) is 5.96. The summed E-state index contributed by atoms with van der Waals surface area (Å²) in [6, 6.07) is 7.78. The quantitative estimate of drug-likeness (QED) is 0.871. The summed E-state index contributed by atoms with van der Waals surface area (Å²) < 4.78 is 0.955. The van der Waals surface area contributed by atoms with Crippen LogP contribution in [0.3, 0.4) is 0 Å². The molecule has 1 aromatic carbocycles. The van der Waals surface area contributed by atoms with E-state index >= 15 is 0 Å². The second-order valence-electron chi connectivity index (χ2n) is 4.01. The molecule has 1 saturated heterocycles. The molecule has 2 rings (SSSR count). The largest absolute Gasteiger partial charge is 0.325 e. The lowest BCUT2D eigenvalue weighted by Crippen LogP contribution is -2.57. The van der Waals surface area contributed by atoms with E-state index in [0.29, 0.717) is 6.54 Å². The van der Waals surface area contributed by atoms with Gasteiger partial charge in [-0.1, -0.05) is 22.0 Å². The van der Waals surface area contributed by atoms with Crippen LogP contribution in [-0.4, -0.2) is 36.5 Å². The molecule has 0 bridgehead atoms. The standard InChI is InChI=1S/C11H14BrN3O/c12-8-2-1-3-10(4-8)14-11(16)7-15-5-9(13)6-15/h1-4,9H,5-7,13H2,(H,14,16). The number of nitrogens with two attached hydrogens (primary N) is 1. The SMILES string of the molecule is NC1CN(CC(=O)Nc2cccc(Br)c2)C1. The molecule has 0 aromatic heterocycles. The van der Waals surface area contributed by atoms with E-state index in [-0.39, 0.29) is 11.9 Å². The van der Waals surface area contributed by atoms with Crippen LogP contribution < -0.4 is 11.1 Å². The van der Waals surface area contributed by atoms with Crippen LogP contribution in [0.15, 0.2) is 28.7 Å². The Balaban J connectivity index is 1.83. The summed E-state index contributed by atoms with van der Waals surface area (Å²) in [5, 5.41) is 2.85. The summed E-state index contributed by atoms with van der Waals surface area (Å²) in [6.07, 6.45) is 0. The Hall–Kier alpha value is -0.910. The van der Waals surface area contributed by atoms with Gasteiger partial charge in [-0.05, 0) is 18.2 Å². The van der Waals surface area contributed by atoms with Crippen molar-refractivity contribution in [3.05, 3.63) is 28.7 Å². The van der Waals surface area contributed by atoms with E-state index < -0.39 is 0 Å². The molecule has 0 radical (unpaired) electrons. The maximum atomic E-state index is 11.6. The van der Waals surface area contributed by atoms with Crippen LogP contribution in [0.1, 0.15) is 0 Å². The minimum Gasteiger partial charge on any atom is -0.325 e. The number of nitrogens with one attached hydrogen (secondary N) is 1. The molecular weight excluding hydrogens is 270 g/mol. The molecule has 1 aliphatic heterocycles. The van der Waals surface area contributed by atoms with Gasteiger partial charge in [-0.25, -0.2) is 0 Å². The zero-order valence-corrected chi connectivity index (χ0v) is 10.4. The van der Waals surface area contributed by atoms with Crippen LogP contribution in [0.5, 0.6) is 0 Å². The maximum absolute atomic E-state index is 11.6. The van der Waals surface area contributed by atoms with Gasteiger partial charge in [-0.15, -0.1) is 0 Å². The first-order chi connectivity index (χ1) is 7.63. The van der Waals surface area contributed by atoms with Crippen molar-refractivity contribution in [1.82, 2.24) is 4.90 Å². The number of halogens is 1. The third-order valence-corrected chi connectivity index (χ3v) is 2.95. The molecule has 1 fully saturated rings. The van der Waals surface area contributed by atoms with E-state index in [1.54, 1.807) is 0 Å². The van der Waals surface area contributed by atoms with Crippen molar-refractivity contribution in [1.29, 1.82) is 0 Å². The van der Waals surface area contributed by atoms with Gasteiger partial charge in [-0.3, -0.25) is 9.69 Å². The smallest absolute Gasteiger partial charge is 0.238 e. The molecule has 86 valence electrons. The Morgan fingerprint density at radius 2 is 2.31 bits per heavy atom. The lowest BCUT2D eigenvalue weighted by Gasteiger charge is -2.36. The highest BCUT2D eigenvalue weighted by Crippen LogP contribution is 2.15. The minimum absolute atomic E-state index is 0.00463. The fourth-order valence-electron chi connectivity index (χ4n) is 1.71. The average molecular weight is 284 g/mol. The van der Waals surface area contributed by atoms with Crippen molar-refractivity contribution >= 4 is 27.5 Å². The number of anilines is 1. The highest BCUT2D eigenvalue weighted by atomic mass is 79.9. The van der Waals surface area contributed by atoms with E-state index in [1.807, 2.05) is 29.2 Å². The first kappa shape index (κ1) is 11.6. The van der Waals surface area contributed by atoms with E-state index in [0.717, 1.165) is 23.2 Å². The Labute approximate surface area is 103 Å². The van der Waals surface area contributed by atoms with Crippen molar-refractivity contribution in [3.8, 4) is 0 Å². The highest BCUT2D eigenvalue weighted by molar-refractivity contribution is 9.10. The molecule has 16 heavy (non-hydrogen) atoms. The third-order valence-electron chi connectivity index (χ3n) is 2.46. The zero-order chi connectivity index (χ0) is 11.5. The summed E-state index contributed by atoms with van der Waals surface area (Å²) in [4.78, 5) is 13.7. The number of likely N-dealkylation sites (tertiary alicyclic amines) is 1. The molecule has 1 amide bonds. The van der Waals surface area contributed by atoms with Crippen LogP contribution in [0, 0.1) is 0 Å². The Morgan fingerprint density at radius 3 is 2.94 bits per heavy atom. The molecule has 4 nitrogen and oxygen atoms in total. The fourth-order valence-corrected chi connectivity index (χ4v) is 2.11. The van der Waals surface area contributed by atoms with Gasteiger partial charge in [0.2, 0.25) is 5.91 Å². The normalized spacial score (nSPS) is 16.9. The van der Waals surface area contributed by atoms with Crippen molar-refractivity contribution in [2.24, 2.45) is 5.73 Å². The zero-order valence-electron chi connectivity index (χ0n) is 8.82. The summed E-state index contributed by atoms with van der Waals surface area (Å²) >= 11 is 3.36. The number of nitrogens with zero attached hydrogens (tertiary/aromatic N) is 1. The molecule has 0 saturated carbocycles. The van der Waals surface area contributed by atoms with E-state index in [1.165, 1.54) is 0 Å². The minimum atomic E-state index is 0.00463. The highest BCUT2D eigenvalue weighted by Gasteiger charge is 2.24.